The third-order valence-electron chi connectivity index (χ3n) is 3.03. The summed E-state index contributed by atoms with van der Waals surface area (Å²) in [7, 11) is 1.46. The molecular formula is C14H15NO5. The van der Waals surface area contributed by atoms with Crippen molar-refractivity contribution in [3.8, 4) is 5.75 Å². The van der Waals surface area contributed by atoms with Crippen LogP contribution in [0.15, 0.2) is 24.3 Å². The summed E-state index contributed by atoms with van der Waals surface area (Å²) in [5.41, 5.74) is 0.359. The number of carbonyl (C=O) groups excluding carboxylic acids is 3. The van der Waals surface area contributed by atoms with Crippen molar-refractivity contribution in [3.63, 3.8) is 0 Å². The molecule has 0 spiro atoms. The molecule has 0 bridgehead atoms. The van der Waals surface area contributed by atoms with Crippen LogP contribution in [0.5, 0.6) is 5.75 Å². The number of rotatable bonds is 5. The number of nitrogens with one attached hydrogen (secondary N) is 1. The normalized spacial score (nSPS) is 17.4. The Balaban J connectivity index is 1.92. The van der Waals surface area contributed by atoms with E-state index in [2.05, 4.69) is 5.32 Å². The maximum absolute atomic E-state index is 12.0. The van der Waals surface area contributed by atoms with Gasteiger partial charge in [-0.15, -0.1) is 0 Å². The van der Waals surface area contributed by atoms with E-state index < -0.39 is 12.0 Å². The summed E-state index contributed by atoms with van der Waals surface area (Å²) >= 11 is 0. The van der Waals surface area contributed by atoms with Crippen molar-refractivity contribution in [1.82, 2.24) is 5.32 Å². The summed E-state index contributed by atoms with van der Waals surface area (Å²) in [4.78, 5) is 34.6. The van der Waals surface area contributed by atoms with Gasteiger partial charge in [-0.05, 0) is 18.6 Å². The first kappa shape index (κ1) is 14.0. The van der Waals surface area contributed by atoms with Gasteiger partial charge in [-0.1, -0.05) is 12.1 Å². The lowest BCUT2D eigenvalue weighted by Gasteiger charge is -2.11. The van der Waals surface area contributed by atoms with Gasteiger partial charge in [-0.2, -0.15) is 0 Å². The van der Waals surface area contributed by atoms with E-state index in [1.54, 1.807) is 24.3 Å². The third-order valence-corrected chi connectivity index (χ3v) is 3.03. The Labute approximate surface area is 116 Å². The number of Topliss-reactive ketones (excluding diaryl/α,β-unsaturated/α-hetero) is 1. The lowest BCUT2D eigenvalue weighted by molar-refractivity contribution is -0.145. The number of ether oxygens (including phenoxy) is 2. The van der Waals surface area contributed by atoms with Gasteiger partial charge in [0.05, 0.1) is 12.7 Å². The maximum atomic E-state index is 12.0. The van der Waals surface area contributed by atoms with E-state index in [1.807, 2.05) is 0 Å². The van der Waals surface area contributed by atoms with Gasteiger partial charge in [0.1, 0.15) is 11.8 Å². The van der Waals surface area contributed by atoms with Crippen LogP contribution in [0, 0.1) is 0 Å². The molecule has 0 radical (unpaired) electrons. The predicted molar refractivity (Wildman–Crippen MR) is 69.4 cm³/mol. The maximum Gasteiger partial charge on any atom is 0.329 e. The van der Waals surface area contributed by atoms with Gasteiger partial charge in [0.15, 0.2) is 6.61 Å². The Hall–Kier alpha value is -2.37. The standard InChI is InChI=1S/C14H15NO5/c1-19-12-5-3-2-4-9(12)11(16)8-20-14(18)10-6-7-13(17)15-10/h2-5,10H,6-8H2,1H3,(H,15,17). The minimum atomic E-state index is -0.645. The fourth-order valence-corrected chi connectivity index (χ4v) is 1.98. The molecule has 106 valence electrons. The zero-order chi connectivity index (χ0) is 14.5. The van der Waals surface area contributed by atoms with Crippen LogP contribution in [-0.4, -0.2) is 37.4 Å². The van der Waals surface area contributed by atoms with E-state index in [0.29, 0.717) is 24.2 Å². The Kier molecular flexibility index (Phi) is 4.34. The fraction of sp³-hybridized carbons (Fsp3) is 0.357. The summed E-state index contributed by atoms with van der Waals surface area (Å²) in [5, 5.41) is 2.49. The molecular weight excluding hydrogens is 262 g/mol. The van der Waals surface area contributed by atoms with Crippen molar-refractivity contribution in [1.29, 1.82) is 0 Å². The van der Waals surface area contributed by atoms with Gasteiger partial charge < -0.3 is 14.8 Å². The second kappa shape index (κ2) is 6.18. The molecule has 0 aromatic heterocycles. The molecule has 1 aliphatic heterocycles. The Bertz CT molecular complexity index is 540. The molecule has 1 aromatic rings. The number of ketones is 1. The highest BCUT2D eigenvalue weighted by Crippen LogP contribution is 2.18. The number of esters is 1. The second-order valence-corrected chi connectivity index (χ2v) is 4.39. The first-order chi connectivity index (χ1) is 9.61. The average molecular weight is 277 g/mol. The van der Waals surface area contributed by atoms with Crippen molar-refractivity contribution >= 4 is 17.7 Å². The topological polar surface area (TPSA) is 81.7 Å². The molecule has 1 unspecified atom stereocenters. The molecule has 1 aromatic carbocycles. The lowest BCUT2D eigenvalue weighted by Crippen LogP contribution is -2.35. The molecule has 6 heteroatoms. The number of methoxy groups -OCH3 is 1. The van der Waals surface area contributed by atoms with Gasteiger partial charge in [0.25, 0.3) is 0 Å². The molecule has 1 heterocycles. The smallest absolute Gasteiger partial charge is 0.329 e. The molecule has 2 rings (SSSR count). The molecule has 0 saturated carbocycles. The predicted octanol–water partition coefficient (Wildman–Crippen LogP) is 0.700. The molecule has 1 aliphatic rings. The zero-order valence-electron chi connectivity index (χ0n) is 11.0. The monoisotopic (exact) mass is 277 g/mol. The van der Waals surface area contributed by atoms with Crippen molar-refractivity contribution in [3.05, 3.63) is 29.8 Å². The highest BCUT2D eigenvalue weighted by atomic mass is 16.5. The lowest BCUT2D eigenvalue weighted by atomic mass is 10.1. The highest BCUT2D eigenvalue weighted by Gasteiger charge is 2.29. The van der Waals surface area contributed by atoms with Crippen LogP contribution in [0.1, 0.15) is 23.2 Å². The molecule has 1 fully saturated rings. The molecule has 20 heavy (non-hydrogen) atoms. The summed E-state index contributed by atoms with van der Waals surface area (Å²) in [6.07, 6.45) is 0.709. The van der Waals surface area contributed by atoms with Gasteiger partial charge in [-0.3, -0.25) is 9.59 Å². The van der Waals surface area contributed by atoms with Crippen molar-refractivity contribution in [2.45, 2.75) is 18.9 Å². The van der Waals surface area contributed by atoms with Crippen LogP contribution in [0.2, 0.25) is 0 Å². The van der Waals surface area contributed by atoms with Crippen molar-refractivity contribution < 1.29 is 23.9 Å². The van der Waals surface area contributed by atoms with Gasteiger partial charge >= 0.3 is 5.97 Å². The largest absolute Gasteiger partial charge is 0.496 e. The molecule has 1 N–H and O–H groups in total. The number of hydrogen-bond donors (Lipinski definition) is 1. The Morgan fingerprint density at radius 2 is 2.10 bits per heavy atom. The van der Waals surface area contributed by atoms with Crippen molar-refractivity contribution in [2.24, 2.45) is 0 Å². The number of amides is 1. The van der Waals surface area contributed by atoms with E-state index >= 15 is 0 Å². The van der Waals surface area contributed by atoms with Crippen molar-refractivity contribution in [2.75, 3.05) is 13.7 Å². The van der Waals surface area contributed by atoms with Crippen LogP contribution in [0.4, 0.5) is 0 Å². The van der Waals surface area contributed by atoms with Crippen LogP contribution < -0.4 is 10.1 Å². The van der Waals surface area contributed by atoms with E-state index in [4.69, 9.17) is 9.47 Å². The summed E-state index contributed by atoms with van der Waals surface area (Å²) in [6.45, 7) is -0.369. The van der Waals surface area contributed by atoms with E-state index in [-0.39, 0.29) is 18.3 Å². The minimum absolute atomic E-state index is 0.178. The van der Waals surface area contributed by atoms with Crippen LogP contribution in [0.3, 0.4) is 0 Å². The first-order valence-corrected chi connectivity index (χ1v) is 6.24. The number of hydrogen-bond acceptors (Lipinski definition) is 5. The zero-order valence-corrected chi connectivity index (χ0v) is 11.0. The SMILES string of the molecule is COc1ccccc1C(=O)COC(=O)C1CCC(=O)N1. The van der Waals surface area contributed by atoms with E-state index in [0.717, 1.165) is 0 Å². The molecule has 1 atom stereocenters. The quantitative estimate of drug-likeness (QED) is 0.633. The third kappa shape index (κ3) is 3.14. The number of benzene rings is 1. The highest BCUT2D eigenvalue weighted by molar-refractivity contribution is 6.00. The fourth-order valence-electron chi connectivity index (χ4n) is 1.98. The average Bonchev–Trinajstić information content (AvgIpc) is 2.91. The molecule has 0 aliphatic carbocycles. The van der Waals surface area contributed by atoms with E-state index in [9.17, 15) is 14.4 Å². The Morgan fingerprint density at radius 3 is 2.75 bits per heavy atom. The van der Waals surface area contributed by atoms with Crippen LogP contribution >= 0.6 is 0 Å². The number of carbonyl (C=O) groups is 3. The van der Waals surface area contributed by atoms with Gasteiger partial charge in [0, 0.05) is 6.42 Å². The molecule has 1 saturated heterocycles. The summed E-state index contributed by atoms with van der Waals surface area (Å²) in [6, 6.07) is 6.07. The minimum Gasteiger partial charge on any atom is -0.496 e. The molecule has 1 amide bonds. The van der Waals surface area contributed by atoms with Gasteiger partial charge in [0.2, 0.25) is 11.7 Å². The van der Waals surface area contributed by atoms with Crippen LogP contribution in [-0.2, 0) is 14.3 Å². The van der Waals surface area contributed by atoms with Gasteiger partial charge in [-0.25, -0.2) is 4.79 Å². The molecule has 6 nitrogen and oxygen atoms in total. The number of para-hydroxylation sites is 1. The summed E-state index contributed by atoms with van der Waals surface area (Å²) < 4.78 is 10.0. The van der Waals surface area contributed by atoms with E-state index in [1.165, 1.54) is 7.11 Å². The first-order valence-electron chi connectivity index (χ1n) is 6.24. The second-order valence-electron chi connectivity index (χ2n) is 4.39. The Morgan fingerprint density at radius 1 is 1.35 bits per heavy atom. The van der Waals surface area contributed by atoms with Crippen LogP contribution in [0.25, 0.3) is 0 Å². The summed E-state index contributed by atoms with van der Waals surface area (Å²) in [5.74, 6) is -0.676.